The lowest BCUT2D eigenvalue weighted by Gasteiger charge is -2.37. The quantitative estimate of drug-likeness (QED) is 0.466. The topological polar surface area (TPSA) is 102 Å². The molecule has 1 heterocycles. The van der Waals surface area contributed by atoms with Crippen molar-refractivity contribution in [2.75, 3.05) is 6.54 Å². The second kappa shape index (κ2) is 11.9. The molecule has 2 aromatic carbocycles. The summed E-state index contributed by atoms with van der Waals surface area (Å²) in [5, 5.41) is 9.95. The Morgan fingerprint density at radius 3 is 2.11 bits per heavy atom. The van der Waals surface area contributed by atoms with Crippen LogP contribution in [0.5, 0.6) is 0 Å². The van der Waals surface area contributed by atoms with E-state index in [1.54, 1.807) is 18.7 Å². The highest BCUT2D eigenvalue weighted by atomic mass is 16.6. The third kappa shape index (κ3) is 8.48. The van der Waals surface area contributed by atoms with Gasteiger partial charge >= 0.3 is 6.09 Å². The van der Waals surface area contributed by atoms with Gasteiger partial charge in [-0.15, -0.1) is 0 Å². The van der Waals surface area contributed by atoms with Crippen molar-refractivity contribution >= 4 is 11.8 Å². The van der Waals surface area contributed by atoms with Crippen molar-refractivity contribution in [1.82, 2.24) is 4.90 Å². The smallest absolute Gasteiger partial charge is 0.410 e. The predicted octanol–water partition coefficient (Wildman–Crippen LogP) is 5.36. The molecule has 1 aliphatic heterocycles. The van der Waals surface area contributed by atoms with Crippen molar-refractivity contribution in [3.63, 3.8) is 0 Å². The molecule has 0 bridgehead atoms. The molecule has 1 aliphatic carbocycles. The molecular weight excluding hydrogens is 438 g/mol. The van der Waals surface area contributed by atoms with Gasteiger partial charge in [-0.25, -0.2) is 4.79 Å². The van der Waals surface area contributed by atoms with E-state index in [2.05, 4.69) is 0 Å². The van der Waals surface area contributed by atoms with Crippen LogP contribution in [0, 0.1) is 5.92 Å². The molecule has 2 unspecified atom stereocenters. The molecule has 1 amide bonds. The Labute approximate surface area is 209 Å². The number of carbonyl (C=O) groups excluding carboxylic acids is 1. The van der Waals surface area contributed by atoms with Gasteiger partial charge in [0, 0.05) is 30.8 Å². The van der Waals surface area contributed by atoms with E-state index in [-0.39, 0.29) is 18.2 Å². The highest BCUT2D eigenvalue weighted by molar-refractivity contribution is 5.69. The fraction of sp³-hybridized carbons (Fsp3) is 0.414. The summed E-state index contributed by atoms with van der Waals surface area (Å²) >= 11 is 0. The van der Waals surface area contributed by atoms with Crippen LogP contribution in [-0.4, -0.2) is 34.3 Å². The van der Waals surface area contributed by atoms with Gasteiger partial charge in [-0.05, 0) is 62.8 Å². The van der Waals surface area contributed by atoms with Crippen LogP contribution in [0.2, 0.25) is 0 Å². The van der Waals surface area contributed by atoms with Crippen LogP contribution in [0.1, 0.15) is 63.6 Å². The van der Waals surface area contributed by atoms with E-state index in [0.29, 0.717) is 31.0 Å². The molecule has 6 heteroatoms. The zero-order valence-corrected chi connectivity index (χ0v) is 21.1. The molecule has 1 saturated carbocycles. The summed E-state index contributed by atoms with van der Waals surface area (Å²) in [6.07, 6.45) is 6.68. The Morgan fingerprint density at radius 1 is 1.06 bits per heavy atom. The lowest BCUT2D eigenvalue weighted by molar-refractivity contribution is -0.0309. The van der Waals surface area contributed by atoms with Crippen LogP contribution in [-0.2, 0) is 4.74 Å². The summed E-state index contributed by atoms with van der Waals surface area (Å²) in [6, 6.07) is 19.8. The van der Waals surface area contributed by atoms with Gasteiger partial charge in [0.05, 0.1) is 11.6 Å². The van der Waals surface area contributed by atoms with Crippen LogP contribution in [0.15, 0.2) is 78.5 Å². The third-order valence-corrected chi connectivity index (χ3v) is 6.29. The normalized spacial score (nSPS) is 19.9. The Hall–Kier alpha value is -3.25. The molecule has 1 saturated heterocycles. The fourth-order valence-electron chi connectivity index (χ4n) is 4.05. The molecule has 35 heavy (non-hydrogen) atoms. The largest absolute Gasteiger partial charge is 0.446 e. The van der Waals surface area contributed by atoms with Crippen molar-refractivity contribution in [3.05, 3.63) is 89.6 Å². The minimum atomic E-state index is -0.847. The van der Waals surface area contributed by atoms with E-state index in [1.807, 2.05) is 79.7 Å². The number of rotatable bonds is 7. The predicted molar refractivity (Wildman–Crippen MR) is 141 cm³/mol. The number of carbonyl (C=O) groups is 1. The number of hydrogen-bond donors (Lipinski definition) is 3. The average Bonchev–Trinajstić information content (AvgIpc) is 3.68. The molecule has 0 radical (unpaired) electrons. The third-order valence-electron chi connectivity index (χ3n) is 6.29. The molecule has 0 spiro atoms. The van der Waals surface area contributed by atoms with Gasteiger partial charge in [0.1, 0.15) is 6.10 Å². The van der Waals surface area contributed by atoms with E-state index in [9.17, 15) is 9.90 Å². The number of nitrogens with zero attached hydrogens (tertiary/aromatic N) is 1. The highest BCUT2D eigenvalue weighted by Crippen LogP contribution is 2.34. The molecule has 2 aliphatic rings. The molecule has 4 rings (SSSR count). The minimum absolute atomic E-state index is 0.102. The Balaban J connectivity index is 0.000000497. The van der Waals surface area contributed by atoms with Crippen molar-refractivity contribution in [2.24, 2.45) is 17.4 Å². The van der Waals surface area contributed by atoms with E-state index in [1.165, 1.54) is 12.8 Å². The second-order valence-corrected chi connectivity index (χ2v) is 10.0. The van der Waals surface area contributed by atoms with Crippen LogP contribution in [0.4, 0.5) is 4.79 Å². The molecule has 5 N–H and O–H groups in total. The van der Waals surface area contributed by atoms with Gasteiger partial charge in [0.2, 0.25) is 0 Å². The lowest BCUT2D eigenvalue weighted by atomic mass is 9.97. The highest BCUT2D eigenvalue weighted by Gasteiger charge is 2.33. The van der Waals surface area contributed by atoms with E-state index < -0.39 is 5.60 Å². The molecular formula is C29H39N3O3. The Morgan fingerprint density at radius 2 is 1.63 bits per heavy atom. The maximum Gasteiger partial charge on any atom is 0.410 e. The zero-order valence-electron chi connectivity index (χ0n) is 21.1. The first-order chi connectivity index (χ1) is 16.6. The maximum absolute atomic E-state index is 12.5. The second-order valence-electron chi connectivity index (χ2n) is 10.0. The molecule has 2 atom stereocenters. The number of amides is 1. The number of nitrogens with two attached hydrogens (primary N) is 2. The van der Waals surface area contributed by atoms with Crippen molar-refractivity contribution in [1.29, 1.82) is 0 Å². The monoisotopic (exact) mass is 477 g/mol. The first-order valence-corrected chi connectivity index (χ1v) is 12.4. The maximum atomic E-state index is 12.5. The van der Waals surface area contributed by atoms with Crippen LogP contribution in [0.25, 0.3) is 5.70 Å². The van der Waals surface area contributed by atoms with Crippen molar-refractivity contribution in [3.8, 4) is 0 Å². The minimum Gasteiger partial charge on any atom is -0.446 e. The van der Waals surface area contributed by atoms with E-state index in [4.69, 9.17) is 16.2 Å². The van der Waals surface area contributed by atoms with Crippen LogP contribution < -0.4 is 11.5 Å². The van der Waals surface area contributed by atoms with Crippen LogP contribution >= 0.6 is 0 Å². The van der Waals surface area contributed by atoms with E-state index >= 15 is 0 Å². The zero-order chi connectivity index (χ0) is 25.4. The first kappa shape index (κ1) is 26.4. The number of benzene rings is 2. The molecule has 6 nitrogen and oxygen atoms in total. The number of ether oxygens (including phenoxy) is 1. The molecule has 0 aromatic heterocycles. The standard InChI is InChI=1S/C23H33N3O3.C6H6/c1-15(26-13-12-19(29-22(26)27)14-23(2,3)28)16-4-6-17(7-5-16)20(24)10-11-21(25)18-8-9-18;1-2-4-6-5-3-1/h4-7,10-11,15,18-19,28H,8-9,12-14,24-25H2,1-3H3;1-6H/b20-10-,21-11-;. The van der Waals surface area contributed by atoms with E-state index in [0.717, 1.165) is 16.8 Å². The summed E-state index contributed by atoms with van der Waals surface area (Å²) in [6.45, 7) is 6.06. The SMILES string of the molecule is CC(c1ccc(/C(N)=C/C=C(\N)C2CC2)cc1)N1CCC(CC(C)(C)O)OC1=O.c1ccccc1. The number of cyclic esters (lactones) is 1. The van der Waals surface area contributed by atoms with Crippen molar-refractivity contribution < 1.29 is 14.6 Å². The summed E-state index contributed by atoms with van der Waals surface area (Å²) in [4.78, 5) is 14.2. The molecule has 2 fully saturated rings. The van der Waals surface area contributed by atoms with Gasteiger partial charge in [-0.2, -0.15) is 0 Å². The van der Waals surface area contributed by atoms with Crippen molar-refractivity contribution in [2.45, 2.75) is 64.2 Å². The summed E-state index contributed by atoms with van der Waals surface area (Å²) < 4.78 is 5.54. The lowest BCUT2D eigenvalue weighted by Crippen LogP contribution is -2.45. The number of aliphatic hydroxyl groups is 1. The fourth-order valence-corrected chi connectivity index (χ4v) is 4.05. The number of allylic oxidation sites excluding steroid dienone is 3. The summed E-state index contributed by atoms with van der Waals surface area (Å²) in [7, 11) is 0. The Kier molecular flexibility index (Phi) is 8.99. The van der Waals surface area contributed by atoms with Gasteiger partial charge in [0.25, 0.3) is 0 Å². The summed E-state index contributed by atoms with van der Waals surface area (Å²) in [5.74, 6) is 0.523. The van der Waals surface area contributed by atoms with Gasteiger partial charge in [-0.1, -0.05) is 60.7 Å². The first-order valence-electron chi connectivity index (χ1n) is 12.4. The number of hydrogen-bond acceptors (Lipinski definition) is 5. The molecule has 2 aromatic rings. The summed E-state index contributed by atoms with van der Waals surface area (Å²) in [5.41, 5.74) is 14.8. The van der Waals surface area contributed by atoms with Gasteiger partial charge in [0.15, 0.2) is 0 Å². The Bertz CT molecular complexity index is 979. The van der Waals surface area contributed by atoms with Crippen LogP contribution in [0.3, 0.4) is 0 Å². The average molecular weight is 478 g/mol. The van der Waals surface area contributed by atoms with Gasteiger partial charge in [-0.3, -0.25) is 0 Å². The van der Waals surface area contributed by atoms with Gasteiger partial charge < -0.3 is 26.2 Å². The molecule has 188 valence electrons.